The van der Waals surface area contributed by atoms with E-state index in [9.17, 15) is 19.5 Å². The molecule has 6 heteroatoms. The zero-order chi connectivity index (χ0) is 19.4. The maximum atomic E-state index is 12.4. The number of allylic oxidation sites excluding steroid dienone is 2. The van der Waals surface area contributed by atoms with Gasteiger partial charge in [-0.1, -0.05) is 32.1 Å². The summed E-state index contributed by atoms with van der Waals surface area (Å²) < 4.78 is 10.9. The molecule has 6 nitrogen and oxygen atoms in total. The van der Waals surface area contributed by atoms with Crippen molar-refractivity contribution in [2.45, 2.75) is 58.3 Å². The van der Waals surface area contributed by atoms with E-state index in [0.717, 1.165) is 5.57 Å². The first-order chi connectivity index (χ1) is 12.3. The average molecular weight is 362 g/mol. The van der Waals surface area contributed by atoms with Crippen molar-refractivity contribution in [2.75, 3.05) is 0 Å². The first-order valence-corrected chi connectivity index (χ1v) is 8.91. The molecule has 1 saturated heterocycles. The number of carbonyl (C=O) groups excluding carboxylic acids is 3. The maximum Gasteiger partial charge on any atom is 0.334 e. The van der Waals surface area contributed by atoms with Crippen LogP contribution in [-0.2, 0) is 23.9 Å². The smallest absolute Gasteiger partial charge is 0.334 e. The predicted molar refractivity (Wildman–Crippen MR) is 95.0 cm³/mol. The van der Waals surface area contributed by atoms with E-state index in [-0.39, 0.29) is 17.1 Å². The summed E-state index contributed by atoms with van der Waals surface area (Å²) in [5.41, 5.74) is 1.24. The first-order valence-electron chi connectivity index (χ1n) is 8.91. The number of carbonyl (C=O) groups is 3. The van der Waals surface area contributed by atoms with Gasteiger partial charge in [-0.3, -0.25) is 9.59 Å². The van der Waals surface area contributed by atoms with E-state index in [4.69, 9.17) is 9.47 Å². The van der Waals surface area contributed by atoms with Crippen LogP contribution in [0.4, 0.5) is 0 Å². The summed E-state index contributed by atoms with van der Waals surface area (Å²) in [7, 11) is 0. The number of hydrogen-bond donors (Lipinski definition) is 1. The molecule has 0 bridgehead atoms. The zero-order valence-electron chi connectivity index (χ0n) is 15.4. The number of ether oxygens (including phenoxy) is 2. The fraction of sp³-hybridized carbons (Fsp3) is 0.550. The van der Waals surface area contributed by atoms with Gasteiger partial charge in [0.05, 0.1) is 11.8 Å². The molecule has 1 N–H and O–H groups in total. The van der Waals surface area contributed by atoms with Gasteiger partial charge in [0.15, 0.2) is 0 Å². The SMILES string of the molecule is C=C1C(=O)OC2C=C(C)CCC=C(C=O)C(O)C(OC(=O)C(C)CC)C12. The molecule has 0 spiro atoms. The van der Waals surface area contributed by atoms with Gasteiger partial charge in [-0.15, -0.1) is 0 Å². The average Bonchev–Trinajstić information content (AvgIpc) is 2.88. The molecule has 0 radical (unpaired) electrons. The maximum absolute atomic E-state index is 12.4. The van der Waals surface area contributed by atoms with Gasteiger partial charge < -0.3 is 14.6 Å². The molecule has 1 aliphatic carbocycles. The second-order valence-electron chi connectivity index (χ2n) is 6.95. The number of aldehydes is 1. The largest absolute Gasteiger partial charge is 0.458 e. The lowest BCUT2D eigenvalue weighted by Crippen LogP contribution is -2.43. The minimum absolute atomic E-state index is 0.130. The molecule has 1 aliphatic heterocycles. The second kappa shape index (κ2) is 8.45. The fourth-order valence-corrected chi connectivity index (χ4v) is 3.14. The highest BCUT2D eigenvalue weighted by molar-refractivity contribution is 5.91. The van der Waals surface area contributed by atoms with E-state index in [1.165, 1.54) is 0 Å². The molecule has 2 rings (SSSR count). The number of rotatable bonds is 4. The Morgan fingerprint density at radius 2 is 2.23 bits per heavy atom. The number of aliphatic hydroxyl groups excluding tert-OH is 1. The zero-order valence-corrected chi connectivity index (χ0v) is 15.4. The summed E-state index contributed by atoms with van der Waals surface area (Å²) in [6, 6.07) is 0. The summed E-state index contributed by atoms with van der Waals surface area (Å²) in [4.78, 5) is 35.9. The first kappa shape index (κ1) is 20.1. The van der Waals surface area contributed by atoms with E-state index in [1.807, 2.05) is 13.8 Å². The van der Waals surface area contributed by atoms with Crippen molar-refractivity contribution in [3.63, 3.8) is 0 Å². The number of esters is 2. The minimum atomic E-state index is -1.36. The van der Waals surface area contributed by atoms with Gasteiger partial charge in [0.1, 0.15) is 24.6 Å². The van der Waals surface area contributed by atoms with Gasteiger partial charge >= 0.3 is 11.9 Å². The molecule has 2 aliphatic rings. The number of aliphatic hydroxyl groups is 1. The molecule has 0 aromatic carbocycles. The van der Waals surface area contributed by atoms with Crippen molar-refractivity contribution in [1.29, 1.82) is 0 Å². The van der Waals surface area contributed by atoms with E-state index < -0.39 is 36.2 Å². The summed E-state index contributed by atoms with van der Waals surface area (Å²) in [5.74, 6) is -2.20. The minimum Gasteiger partial charge on any atom is -0.458 e. The molecule has 5 atom stereocenters. The van der Waals surface area contributed by atoms with Gasteiger partial charge in [-0.25, -0.2) is 4.79 Å². The van der Waals surface area contributed by atoms with Crippen LogP contribution in [0, 0.1) is 11.8 Å². The highest BCUT2D eigenvalue weighted by Gasteiger charge is 2.48. The predicted octanol–water partition coefficient (Wildman–Crippen LogP) is 2.27. The van der Waals surface area contributed by atoms with Gasteiger partial charge in [-0.05, 0) is 32.3 Å². The topological polar surface area (TPSA) is 89.9 Å². The van der Waals surface area contributed by atoms with E-state index in [1.54, 1.807) is 19.1 Å². The van der Waals surface area contributed by atoms with Crippen molar-refractivity contribution < 1.29 is 29.0 Å². The van der Waals surface area contributed by atoms with Crippen LogP contribution in [0.2, 0.25) is 0 Å². The Labute approximate surface area is 153 Å². The van der Waals surface area contributed by atoms with Crippen LogP contribution >= 0.6 is 0 Å². The molecule has 0 aromatic heterocycles. The van der Waals surface area contributed by atoms with Crippen LogP contribution in [-0.4, -0.2) is 41.6 Å². The molecule has 0 aromatic rings. The molecule has 1 fully saturated rings. The van der Waals surface area contributed by atoms with Crippen molar-refractivity contribution in [1.82, 2.24) is 0 Å². The summed E-state index contributed by atoms with van der Waals surface area (Å²) in [6.07, 6.45) is 2.61. The highest BCUT2D eigenvalue weighted by atomic mass is 16.6. The summed E-state index contributed by atoms with van der Waals surface area (Å²) >= 11 is 0. The molecule has 5 unspecified atom stereocenters. The molecule has 0 amide bonds. The monoisotopic (exact) mass is 362 g/mol. The summed E-state index contributed by atoms with van der Waals surface area (Å²) in [6.45, 7) is 9.24. The fourth-order valence-electron chi connectivity index (χ4n) is 3.14. The molecule has 0 saturated carbocycles. The Morgan fingerprint density at radius 3 is 2.85 bits per heavy atom. The van der Waals surface area contributed by atoms with Gasteiger partial charge in [0.2, 0.25) is 0 Å². The third-order valence-corrected chi connectivity index (χ3v) is 5.04. The van der Waals surface area contributed by atoms with E-state index in [2.05, 4.69) is 6.58 Å². The van der Waals surface area contributed by atoms with Crippen LogP contribution < -0.4 is 0 Å². The lowest BCUT2D eigenvalue weighted by Gasteiger charge is -2.31. The lowest BCUT2D eigenvalue weighted by molar-refractivity contribution is -0.162. The van der Waals surface area contributed by atoms with Crippen molar-refractivity contribution >= 4 is 18.2 Å². The van der Waals surface area contributed by atoms with Crippen molar-refractivity contribution in [2.24, 2.45) is 11.8 Å². The van der Waals surface area contributed by atoms with Crippen LogP contribution in [0.15, 0.2) is 35.5 Å². The van der Waals surface area contributed by atoms with E-state index >= 15 is 0 Å². The third kappa shape index (κ3) is 4.12. The Bertz CT molecular complexity index is 659. The van der Waals surface area contributed by atoms with E-state index in [0.29, 0.717) is 25.5 Å². The Kier molecular flexibility index (Phi) is 6.53. The Balaban J connectivity index is 2.48. The number of fused-ring (bicyclic) bond motifs is 1. The summed E-state index contributed by atoms with van der Waals surface area (Å²) in [5, 5.41) is 10.8. The normalized spacial score (nSPS) is 30.5. The Hall–Kier alpha value is -2.21. The standard InChI is InChI=1S/C20H26O6/c1-5-12(3)19(23)26-18-16-13(4)20(24)25-15(16)9-11(2)7-6-8-14(10-21)17(18)22/h8-10,12,15-18,22H,4-7H2,1-3H3. The van der Waals surface area contributed by atoms with Crippen LogP contribution in [0.5, 0.6) is 0 Å². The quantitative estimate of drug-likeness (QED) is 0.357. The molecular weight excluding hydrogens is 336 g/mol. The molecular formula is C20H26O6. The van der Waals surface area contributed by atoms with Crippen molar-refractivity contribution in [3.05, 3.63) is 35.5 Å². The molecule has 142 valence electrons. The van der Waals surface area contributed by atoms with Crippen LogP contribution in [0.3, 0.4) is 0 Å². The second-order valence-corrected chi connectivity index (χ2v) is 6.95. The van der Waals surface area contributed by atoms with Crippen molar-refractivity contribution in [3.8, 4) is 0 Å². The number of hydrogen-bond acceptors (Lipinski definition) is 6. The highest BCUT2D eigenvalue weighted by Crippen LogP contribution is 2.36. The third-order valence-electron chi connectivity index (χ3n) is 5.04. The molecule has 1 heterocycles. The van der Waals surface area contributed by atoms with Crippen LogP contribution in [0.25, 0.3) is 0 Å². The van der Waals surface area contributed by atoms with Gasteiger partial charge in [0.25, 0.3) is 0 Å². The lowest BCUT2D eigenvalue weighted by atomic mass is 9.83. The van der Waals surface area contributed by atoms with Crippen LogP contribution in [0.1, 0.15) is 40.0 Å². The molecule has 26 heavy (non-hydrogen) atoms. The van der Waals surface area contributed by atoms with Gasteiger partial charge in [-0.2, -0.15) is 0 Å². The Morgan fingerprint density at radius 1 is 1.54 bits per heavy atom. The van der Waals surface area contributed by atoms with Gasteiger partial charge in [0, 0.05) is 11.1 Å².